The third kappa shape index (κ3) is 1.75. The summed E-state index contributed by atoms with van der Waals surface area (Å²) in [5.74, 6) is -0.0402. The number of aliphatic hydroxyl groups excluding tert-OH is 1. The molecule has 1 N–H and O–H groups in total. The second-order valence-corrected chi connectivity index (χ2v) is 7.90. The van der Waals surface area contributed by atoms with Crippen LogP contribution in [0.3, 0.4) is 0 Å². The summed E-state index contributed by atoms with van der Waals surface area (Å²) in [6, 6.07) is 0. The van der Waals surface area contributed by atoms with Gasteiger partial charge < -0.3 is 9.52 Å². The summed E-state index contributed by atoms with van der Waals surface area (Å²) < 4.78 is 5.64. The molecule has 1 unspecified atom stereocenters. The number of Topliss-reactive ketones (excluding diaryl/α,β-unsaturated/α-hetero) is 1. The number of benzene rings is 1. The zero-order valence-electron chi connectivity index (χ0n) is 15.3. The van der Waals surface area contributed by atoms with E-state index in [0.29, 0.717) is 52.0 Å². The van der Waals surface area contributed by atoms with Gasteiger partial charge in [-0.3, -0.25) is 14.4 Å². The van der Waals surface area contributed by atoms with E-state index in [1.54, 1.807) is 6.92 Å². The summed E-state index contributed by atoms with van der Waals surface area (Å²) in [4.78, 5) is 37.5. The van der Waals surface area contributed by atoms with Crippen LogP contribution in [0.4, 0.5) is 0 Å². The minimum absolute atomic E-state index is 0.00893. The van der Waals surface area contributed by atoms with Crippen LogP contribution in [0.1, 0.15) is 90.5 Å². The van der Waals surface area contributed by atoms with Gasteiger partial charge >= 0.3 is 0 Å². The Morgan fingerprint density at radius 3 is 2.33 bits per heavy atom. The van der Waals surface area contributed by atoms with E-state index in [2.05, 4.69) is 0 Å². The number of fused-ring (bicyclic) bond motifs is 3. The van der Waals surface area contributed by atoms with E-state index in [1.165, 1.54) is 18.4 Å². The van der Waals surface area contributed by atoms with E-state index in [-0.39, 0.29) is 17.3 Å². The predicted octanol–water partition coefficient (Wildman–Crippen LogP) is 3.51. The first-order chi connectivity index (χ1) is 12.8. The Morgan fingerprint density at radius 2 is 1.67 bits per heavy atom. The molecule has 27 heavy (non-hydrogen) atoms. The Labute approximate surface area is 155 Å². The van der Waals surface area contributed by atoms with Crippen molar-refractivity contribution in [1.29, 1.82) is 0 Å². The van der Waals surface area contributed by atoms with Crippen LogP contribution in [0.25, 0.3) is 0 Å². The lowest BCUT2D eigenvalue weighted by Gasteiger charge is -2.43. The molecule has 5 rings (SSSR count). The van der Waals surface area contributed by atoms with E-state index in [1.807, 2.05) is 13.8 Å². The second kappa shape index (κ2) is 4.93. The topological polar surface area (TPSA) is 84.6 Å². The van der Waals surface area contributed by atoms with Crippen molar-refractivity contribution in [2.24, 2.45) is 0 Å². The van der Waals surface area contributed by atoms with Crippen molar-refractivity contribution in [2.75, 3.05) is 0 Å². The van der Waals surface area contributed by atoms with Gasteiger partial charge in [0.15, 0.2) is 17.3 Å². The maximum atomic E-state index is 12.6. The molecule has 0 bridgehead atoms. The molecule has 0 spiro atoms. The van der Waals surface area contributed by atoms with Gasteiger partial charge in [-0.15, -0.1) is 0 Å². The molecule has 2 aromatic rings. The number of rotatable bonds is 0. The van der Waals surface area contributed by atoms with Gasteiger partial charge in [-0.1, -0.05) is 6.92 Å². The predicted molar refractivity (Wildman–Crippen MR) is 96.5 cm³/mol. The zero-order valence-corrected chi connectivity index (χ0v) is 15.3. The Morgan fingerprint density at radius 1 is 1.04 bits per heavy atom. The summed E-state index contributed by atoms with van der Waals surface area (Å²) in [7, 11) is 0. The number of hydrogen-bond acceptors (Lipinski definition) is 5. The van der Waals surface area contributed by atoms with Crippen LogP contribution < -0.4 is 0 Å². The van der Waals surface area contributed by atoms with Gasteiger partial charge in [0.05, 0.1) is 5.56 Å². The quantitative estimate of drug-likeness (QED) is 0.775. The summed E-state index contributed by atoms with van der Waals surface area (Å²) in [6.45, 7) is 5.64. The van der Waals surface area contributed by atoms with Crippen LogP contribution in [0.2, 0.25) is 0 Å². The normalized spacial score (nSPS) is 25.3. The van der Waals surface area contributed by atoms with Gasteiger partial charge in [0.1, 0.15) is 18.1 Å². The van der Waals surface area contributed by atoms with Gasteiger partial charge in [-0.2, -0.15) is 0 Å². The molecule has 0 saturated carbocycles. The van der Waals surface area contributed by atoms with Crippen molar-refractivity contribution in [2.45, 2.75) is 45.1 Å². The average molecular weight is 362 g/mol. The van der Waals surface area contributed by atoms with E-state index in [0.717, 1.165) is 11.1 Å². The maximum absolute atomic E-state index is 12.6. The molecular weight excluding hydrogens is 344 g/mol. The van der Waals surface area contributed by atoms with E-state index in [9.17, 15) is 19.5 Å². The van der Waals surface area contributed by atoms with Crippen LogP contribution in [0.5, 0.6) is 0 Å². The zero-order chi connectivity index (χ0) is 19.2. The van der Waals surface area contributed by atoms with Crippen molar-refractivity contribution >= 4 is 17.3 Å². The third-order valence-corrected chi connectivity index (χ3v) is 6.52. The van der Waals surface area contributed by atoms with Gasteiger partial charge in [0.2, 0.25) is 0 Å². The van der Waals surface area contributed by atoms with Crippen molar-refractivity contribution in [3.8, 4) is 0 Å². The molecule has 136 valence electrons. The highest BCUT2D eigenvalue weighted by Gasteiger charge is 2.50. The standard InChI is InChI=1S/C22H18O5/c1-9-15-13(24)4-5-14(25)16(15)10(2)18-17(9)20(26)21-19-11(8-27-21)12(23)6-7-22(18,19)3/h4-5,8,20,26H,6-7H2,1-3H3/t20?,22-/m0/s1. The van der Waals surface area contributed by atoms with Crippen LogP contribution in [-0.2, 0) is 5.41 Å². The summed E-state index contributed by atoms with van der Waals surface area (Å²) in [5.41, 5.74) is 4.28. The first-order valence-electron chi connectivity index (χ1n) is 9.04. The van der Waals surface area contributed by atoms with Crippen molar-refractivity contribution in [3.63, 3.8) is 0 Å². The first kappa shape index (κ1) is 16.4. The summed E-state index contributed by atoms with van der Waals surface area (Å²) in [5, 5.41) is 11.1. The summed E-state index contributed by atoms with van der Waals surface area (Å²) in [6.07, 6.45) is 3.91. The lowest BCUT2D eigenvalue weighted by molar-refractivity contribution is 0.0955. The first-order valence-corrected chi connectivity index (χ1v) is 9.04. The number of furan rings is 1. The molecular formula is C22H18O5. The Bertz CT molecular complexity index is 1130. The van der Waals surface area contributed by atoms with Crippen molar-refractivity contribution in [3.05, 3.63) is 68.7 Å². The fourth-order valence-corrected chi connectivity index (χ4v) is 5.36. The van der Waals surface area contributed by atoms with Crippen LogP contribution in [0.15, 0.2) is 22.8 Å². The number of ketones is 3. The maximum Gasteiger partial charge on any atom is 0.187 e. The minimum atomic E-state index is -1.07. The van der Waals surface area contributed by atoms with Crippen molar-refractivity contribution < 1.29 is 23.9 Å². The number of hydrogen-bond donors (Lipinski definition) is 1. The molecule has 2 atom stereocenters. The molecule has 0 amide bonds. The van der Waals surface area contributed by atoms with Gasteiger partial charge in [-0.25, -0.2) is 0 Å². The van der Waals surface area contributed by atoms with Gasteiger partial charge in [0.25, 0.3) is 0 Å². The smallest absolute Gasteiger partial charge is 0.187 e. The summed E-state index contributed by atoms with van der Waals surface area (Å²) >= 11 is 0. The highest BCUT2D eigenvalue weighted by molar-refractivity contribution is 6.23. The lowest BCUT2D eigenvalue weighted by atomic mass is 9.59. The molecule has 0 fully saturated rings. The molecule has 0 aliphatic heterocycles. The number of aliphatic hydroxyl groups is 1. The molecule has 3 aliphatic rings. The monoisotopic (exact) mass is 362 g/mol. The van der Waals surface area contributed by atoms with Crippen LogP contribution >= 0.6 is 0 Å². The van der Waals surface area contributed by atoms with E-state index < -0.39 is 11.5 Å². The van der Waals surface area contributed by atoms with Gasteiger partial charge in [0, 0.05) is 28.5 Å². The van der Waals surface area contributed by atoms with E-state index >= 15 is 0 Å². The fraction of sp³-hybridized carbons (Fsp3) is 0.318. The number of carbonyl (C=O) groups is 3. The molecule has 0 radical (unpaired) electrons. The molecule has 5 nitrogen and oxygen atoms in total. The molecule has 1 aromatic heterocycles. The Balaban J connectivity index is 1.95. The van der Waals surface area contributed by atoms with Gasteiger partial charge in [-0.05, 0) is 54.7 Å². The average Bonchev–Trinajstić information content (AvgIpc) is 3.09. The number of allylic oxidation sites excluding steroid dienone is 2. The van der Waals surface area contributed by atoms with Crippen molar-refractivity contribution in [1.82, 2.24) is 0 Å². The fourth-order valence-electron chi connectivity index (χ4n) is 5.36. The highest BCUT2D eigenvalue weighted by atomic mass is 16.4. The Hall–Kier alpha value is -2.79. The van der Waals surface area contributed by atoms with Crippen LogP contribution in [0, 0.1) is 13.8 Å². The van der Waals surface area contributed by atoms with E-state index in [4.69, 9.17) is 4.42 Å². The Kier molecular flexibility index (Phi) is 2.99. The lowest BCUT2D eigenvalue weighted by Crippen LogP contribution is -2.38. The highest BCUT2D eigenvalue weighted by Crippen LogP contribution is 2.55. The number of carbonyl (C=O) groups excluding carboxylic acids is 3. The molecule has 5 heteroatoms. The minimum Gasteiger partial charge on any atom is -0.465 e. The van der Waals surface area contributed by atoms with Crippen LogP contribution in [-0.4, -0.2) is 22.5 Å². The molecule has 1 aromatic carbocycles. The molecule has 1 heterocycles. The SMILES string of the molecule is Cc1c2c(c(C)c3c1C(O)c1occ4c1[C@@]3(C)CCC4=O)C(=O)C=CC2=O. The molecule has 3 aliphatic carbocycles. The molecule has 0 saturated heterocycles. The second-order valence-electron chi connectivity index (χ2n) is 7.90. The largest absolute Gasteiger partial charge is 0.465 e. The third-order valence-electron chi connectivity index (χ3n) is 6.52.